The van der Waals surface area contributed by atoms with E-state index in [9.17, 15) is 50.7 Å². The average molecular weight is 543 g/mol. The number of nitrogens with zero attached hydrogens (tertiary/aromatic N) is 1. The molecule has 2 aliphatic heterocycles. The molecule has 0 saturated carbocycles. The molecule has 1 aromatic rings. The number of hydrogen-bond acceptors (Lipinski definition) is 13. The van der Waals surface area contributed by atoms with Crippen molar-refractivity contribution >= 4 is 23.2 Å². The number of halogens is 1. The Balaban J connectivity index is 0.00000456. The van der Waals surface area contributed by atoms with E-state index >= 15 is 0 Å². The van der Waals surface area contributed by atoms with E-state index < -0.39 is 91.1 Å². The van der Waals surface area contributed by atoms with Crippen LogP contribution in [0.1, 0.15) is 10.4 Å². The molecule has 2 saturated heterocycles. The van der Waals surface area contributed by atoms with E-state index in [0.717, 1.165) is 12.1 Å². The van der Waals surface area contributed by atoms with Crippen LogP contribution in [0.2, 0.25) is 5.02 Å². The molecule has 36 heavy (non-hydrogen) atoms. The van der Waals surface area contributed by atoms with Gasteiger partial charge in [-0.25, -0.2) is 0 Å². The maximum atomic E-state index is 12.6. The smallest absolute Gasteiger partial charge is 0.288 e. The Morgan fingerprint density at radius 2 is 1.64 bits per heavy atom. The molecule has 204 valence electrons. The van der Waals surface area contributed by atoms with Crippen LogP contribution < -0.4 is 5.32 Å². The van der Waals surface area contributed by atoms with Crippen molar-refractivity contribution < 1.29 is 65.2 Å². The third kappa shape index (κ3) is 6.08. The molecule has 10 atom stereocenters. The van der Waals surface area contributed by atoms with Crippen LogP contribution in [0.15, 0.2) is 18.2 Å². The van der Waals surface area contributed by atoms with Crippen molar-refractivity contribution in [2.24, 2.45) is 0 Å². The molecule has 0 unspecified atom stereocenters. The molecular weight excluding hydrogens is 516 g/mol. The standard InChI is InChI=1S/C19H25ClN2O13.H2O/c20-7-2-1-6(3-8(7)22(31)32)17(30)21-18-14(28)13(27)16(10(5-24)33-18)35-19-15(29)12(26)11(25)9(4-23)34-19;/h1-3,9-16,18-19,23-29H,4-5H2,(H,21,30);1H2/t9-,10-,11-,12+,13-,14-,15-,16-,18-,19+;/m1./s1. The van der Waals surface area contributed by atoms with Crippen molar-refractivity contribution in [2.75, 3.05) is 13.2 Å². The van der Waals surface area contributed by atoms with E-state index in [0.29, 0.717) is 0 Å². The molecule has 1 amide bonds. The van der Waals surface area contributed by atoms with Crippen LogP contribution in [0.4, 0.5) is 5.69 Å². The zero-order valence-corrected chi connectivity index (χ0v) is 19.1. The highest BCUT2D eigenvalue weighted by Gasteiger charge is 2.50. The summed E-state index contributed by atoms with van der Waals surface area (Å²) in [5.41, 5.74) is -0.739. The number of ether oxygens (including phenoxy) is 3. The molecule has 1 aromatic carbocycles. The molecule has 2 heterocycles. The molecule has 0 aliphatic carbocycles. The van der Waals surface area contributed by atoms with Crippen LogP contribution in [-0.2, 0) is 14.2 Å². The lowest BCUT2D eigenvalue weighted by Crippen LogP contribution is -2.66. The first-order valence-electron chi connectivity index (χ1n) is 10.3. The van der Waals surface area contributed by atoms with Crippen LogP contribution in [0.5, 0.6) is 0 Å². The lowest BCUT2D eigenvalue weighted by atomic mass is 9.96. The summed E-state index contributed by atoms with van der Waals surface area (Å²) in [5, 5.41) is 83.0. The van der Waals surface area contributed by atoms with E-state index in [1.807, 2.05) is 0 Å². The predicted octanol–water partition coefficient (Wildman–Crippen LogP) is -4.22. The molecule has 2 fully saturated rings. The number of rotatable bonds is 7. The largest absolute Gasteiger partial charge is 0.412 e. The normalized spacial score (nSPS) is 36.6. The molecule has 16 nitrogen and oxygen atoms in total. The first kappa shape index (κ1) is 30.2. The van der Waals surface area contributed by atoms with Crippen molar-refractivity contribution in [1.82, 2.24) is 5.32 Å². The summed E-state index contributed by atoms with van der Waals surface area (Å²) in [4.78, 5) is 22.8. The minimum atomic E-state index is -1.85. The summed E-state index contributed by atoms with van der Waals surface area (Å²) in [7, 11) is 0. The van der Waals surface area contributed by atoms with Crippen molar-refractivity contribution in [1.29, 1.82) is 0 Å². The Morgan fingerprint density at radius 3 is 2.22 bits per heavy atom. The van der Waals surface area contributed by atoms with Gasteiger partial charge in [-0.2, -0.15) is 0 Å². The van der Waals surface area contributed by atoms with Crippen molar-refractivity contribution in [3.63, 3.8) is 0 Å². The number of nitro groups is 1. The fourth-order valence-electron chi connectivity index (χ4n) is 3.72. The number of nitro benzene ring substituents is 1. The van der Waals surface area contributed by atoms with Gasteiger partial charge in [0.25, 0.3) is 11.6 Å². The molecule has 10 N–H and O–H groups in total. The number of aliphatic hydroxyl groups excluding tert-OH is 7. The summed E-state index contributed by atoms with van der Waals surface area (Å²) >= 11 is 5.73. The van der Waals surface area contributed by atoms with Gasteiger partial charge in [-0.15, -0.1) is 0 Å². The first-order valence-corrected chi connectivity index (χ1v) is 10.7. The maximum Gasteiger partial charge on any atom is 0.288 e. The number of carbonyl (C=O) groups excluding carboxylic acids is 1. The Hall–Kier alpha value is -2.06. The van der Waals surface area contributed by atoms with Gasteiger partial charge in [0.2, 0.25) is 0 Å². The number of nitrogens with one attached hydrogen (secondary N) is 1. The monoisotopic (exact) mass is 542 g/mol. The van der Waals surface area contributed by atoms with Gasteiger partial charge in [-0.3, -0.25) is 14.9 Å². The van der Waals surface area contributed by atoms with E-state index in [-0.39, 0.29) is 16.1 Å². The zero-order chi connectivity index (χ0) is 26.0. The number of amides is 1. The van der Waals surface area contributed by atoms with E-state index in [1.54, 1.807) is 0 Å². The lowest BCUT2D eigenvalue weighted by molar-refractivity contribution is -0.384. The average Bonchev–Trinajstić information content (AvgIpc) is 2.83. The SMILES string of the molecule is O.O=C(N[C@@H]1O[C@H](CO)[C@@H](O[C@@H]2O[C@H](CO)[C@@H](O)[C@H](O)[C@H]2O)[C@H](O)[C@H]1O)c1ccc(Cl)c([N+](=O)[O-])c1. The Morgan fingerprint density at radius 1 is 1.00 bits per heavy atom. The highest BCUT2D eigenvalue weighted by molar-refractivity contribution is 6.32. The molecule has 0 radical (unpaired) electrons. The summed E-state index contributed by atoms with van der Waals surface area (Å²) in [6, 6.07) is 3.21. The number of carbonyl (C=O) groups is 1. The molecule has 0 spiro atoms. The Bertz CT molecular complexity index is 920. The Kier molecular flexibility index (Phi) is 10.4. The predicted molar refractivity (Wildman–Crippen MR) is 116 cm³/mol. The molecule has 3 rings (SSSR count). The minimum absolute atomic E-state index is 0. The van der Waals surface area contributed by atoms with Gasteiger partial charge < -0.3 is 60.7 Å². The molecule has 17 heteroatoms. The highest BCUT2D eigenvalue weighted by Crippen LogP contribution is 2.29. The van der Waals surface area contributed by atoms with E-state index in [1.165, 1.54) is 6.07 Å². The lowest BCUT2D eigenvalue weighted by Gasteiger charge is -2.46. The molecular formula is C19H27ClN2O14. The first-order chi connectivity index (χ1) is 16.5. The van der Waals surface area contributed by atoms with Crippen molar-refractivity contribution in [3.8, 4) is 0 Å². The highest BCUT2D eigenvalue weighted by atomic mass is 35.5. The van der Waals surface area contributed by atoms with Crippen LogP contribution in [-0.4, -0.2) is 127 Å². The molecule has 0 aromatic heterocycles. The van der Waals surface area contributed by atoms with E-state index in [2.05, 4.69) is 5.32 Å². The van der Waals surface area contributed by atoms with Crippen LogP contribution in [0, 0.1) is 10.1 Å². The van der Waals surface area contributed by atoms with Gasteiger partial charge in [0.05, 0.1) is 18.1 Å². The summed E-state index contributed by atoms with van der Waals surface area (Å²) in [5.74, 6) is -0.925. The van der Waals surface area contributed by atoms with E-state index in [4.69, 9.17) is 25.8 Å². The minimum Gasteiger partial charge on any atom is -0.412 e. The summed E-state index contributed by atoms with van der Waals surface area (Å²) in [6.45, 7) is -1.54. The van der Waals surface area contributed by atoms with Crippen molar-refractivity contribution in [3.05, 3.63) is 38.9 Å². The van der Waals surface area contributed by atoms with Gasteiger partial charge in [0.15, 0.2) is 12.5 Å². The maximum absolute atomic E-state index is 12.6. The third-order valence-electron chi connectivity index (χ3n) is 5.68. The topological polar surface area (TPSA) is 273 Å². The number of aliphatic hydroxyl groups is 7. The number of benzene rings is 1. The molecule has 0 bridgehead atoms. The van der Waals surface area contributed by atoms with Gasteiger partial charge in [-0.05, 0) is 12.1 Å². The quantitative estimate of drug-likeness (QED) is 0.120. The van der Waals surface area contributed by atoms with Crippen molar-refractivity contribution in [2.45, 2.75) is 61.3 Å². The van der Waals surface area contributed by atoms with Gasteiger partial charge >= 0.3 is 0 Å². The second-order valence-corrected chi connectivity index (χ2v) is 8.36. The summed E-state index contributed by atoms with van der Waals surface area (Å²) < 4.78 is 16.1. The van der Waals surface area contributed by atoms with Gasteiger partial charge in [0, 0.05) is 11.6 Å². The van der Waals surface area contributed by atoms with Crippen LogP contribution in [0.3, 0.4) is 0 Å². The second kappa shape index (κ2) is 12.5. The second-order valence-electron chi connectivity index (χ2n) is 7.95. The van der Waals surface area contributed by atoms with Gasteiger partial charge in [0.1, 0.15) is 53.9 Å². The molecule has 2 aliphatic rings. The summed E-state index contributed by atoms with van der Waals surface area (Å²) in [6.07, 6.45) is -16.5. The van der Waals surface area contributed by atoms with Crippen LogP contribution >= 0.6 is 11.6 Å². The zero-order valence-electron chi connectivity index (χ0n) is 18.3. The number of hydrogen-bond donors (Lipinski definition) is 8. The third-order valence-corrected chi connectivity index (χ3v) is 6.00. The Labute approximate surface area is 207 Å². The van der Waals surface area contributed by atoms with Gasteiger partial charge in [-0.1, -0.05) is 11.6 Å². The fraction of sp³-hybridized carbons (Fsp3) is 0.632. The fourth-order valence-corrected chi connectivity index (χ4v) is 3.90. The van der Waals surface area contributed by atoms with Crippen LogP contribution in [0.25, 0.3) is 0 Å².